The van der Waals surface area contributed by atoms with Gasteiger partial charge in [0, 0.05) is 6.92 Å². The molecule has 0 heterocycles. The summed E-state index contributed by atoms with van der Waals surface area (Å²) in [5.41, 5.74) is 0.478. The Morgan fingerprint density at radius 2 is 2.00 bits per heavy atom. The van der Waals surface area contributed by atoms with Crippen molar-refractivity contribution in [2.45, 2.75) is 44.6 Å². The van der Waals surface area contributed by atoms with E-state index < -0.39 is 11.5 Å². The Hall–Kier alpha value is -1.64. The average Bonchev–Trinajstić information content (AvgIpc) is 2.36. The summed E-state index contributed by atoms with van der Waals surface area (Å²) in [5.74, 6) is -0.360. The highest BCUT2D eigenvalue weighted by molar-refractivity contribution is 5.95. The molecule has 18 heavy (non-hydrogen) atoms. The van der Waals surface area contributed by atoms with E-state index in [1.807, 2.05) is 37.3 Å². The fourth-order valence-corrected chi connectivity index (χ4v) is 2.66. The Morgan fingerprint density at radius 3 is 2.61 bits per heavy atom. The topological polar surface area (TPSA) is 43.4 Å². The zero-order chi connectivity index (χ0) is 13.2. The number of esters is 1. The molecule has 0 aliphatic heterocycles. The van der Waals surface area contributed by atoms with Crippen LogP contribution in [-0.4, -0.2) is 17.9 Å². The molecule has 0 spiro atoms. The van der Waals surface area contributed by atoms with Crippen LogP contribution in [0, 0.1) is 0 Å². The number of ether oxygens (including phenoxy) is 1. The van der Waals surface area contributed by atoms with Crippen molar-refractivity contribution in [3.8, 4) is 0 Å². The molecule has 96 valence electrons. The van der Waals surface area contributed by atoms with Crippen LogP contribution in [0.3, 0.4) is 0 Å². The van der Waals surface area contributed by atoms with E-state index in [9.17, 15) is 9.59 Å². The van der Waals surface area contributed by atoms with Gasteiger partial charge in [0.05, 0.1) is 5.41 Å². The molecule has 0 bridgehead atoms. The minimum absolute atomic E-state index is 0.0233. The van der Waals surface area contributed by atoms with E-state index >= 15 is 0 Å². The van der Waals surface area contributed by atoms with Crippen LogP contribution in [0.25, 0.3) is 0 Å². The lowest BCUT2D eigenvalue weighted by atomic mass is 9.69. The van der Waals surface area contributed by atoms with Crippen LogP contribution >= 0.6 is 0 Å². The molecule has 3 heteroatoms. The Morgan fingerprint density at radius 1 is 1.33 bits per heavy atom. The lowest BCUT2D eigenvalue weighted by Gasteiger charge is -2.36. The normalized spacial score (nSPS) is 27.9. The third kappa shape index (κ3) is 2.30. The molecule has 0 amide bonds. The Kier molecular flexibility index (Phi) is 3.50. The number of hydrogen-bond acceptors (Lipinski definition) is 3. The Balaban J connectivity index is 2.27. The minimum atomic E-state index is -0.582. The summed E-state index contributed by atoms with van der Waals surface area (Å²) in [7, 11) is 0. The van der Waals surface area contributed by atoms with E-state index in [0.29, 0.717) is 6.42 Å². The van der Waals surface area contributed by atoms with Crippen molar-refractivity contribution >= 4 is 11.8 Å². The predicted octanol–water partition coefficient (Wildman–Crippen LogP) is 2.63. The molecule has 1 aliphatic carbocycles. The molecule has 0 N–H and O–H groups in total. The van der Waals surface area contributed by atoms with Gasteiger partial charge in [-0.15, -0.1) is 0 Å². The summed E-state index contributed by atoms with van der Waals surface area (Å²) in [6.07, 6.45) is 1.77. The molecular formula is C15H18O3. The maximum Gasteiger partial charge on any atom is 0.303 e. The highest BCUT2D eigenvalue weighted by atomic mass is 16.5. The van der Waals surface area contributed by atoms with Gasteiger partial charge in [0.25, 0.3) is 0 Å². The van der Waals surface area contributed by atoms with E-state index in [0.717, 1.165) is 18.4 Å². The molecule has 2 rings (SSSR count). The van der Waals surface area contributed by atoms with Crippen LogP contribution in [0.15, 0.2) is 30.3 Å². The van der Waals surface area contributed by atoms with Gasteiger partial charge in [0.1, 0.15) is 0 Å². The summed E-state index contributed by atoms with van der Waals surface area (Å²) in [5, 5.41) is 0. The van der Waals surface area contributed by atoms with Crippen molar-refractivity contribution in [3.05, 3.63) is 35.9 Å². The molecular weight excluding hydrogens is 228 g/mol. The summed E-state index contributed by atoms with van der Waals surface area (Å²) < 4.78 is 5.13. The number of rotatable bonds is 2. The van der Waals surface area contributed by atoms with E-state index in [1.54, 1.807) is 0 Å². The lowest BCUT2D eigenvalue weighted by Crippen LogP contribution is -2.45. The second-order valence-electron chi connectivity index (χ2n) is 5.05. The lowest BCUT2D eigenvalue weighted by molar-refractivity contribution is -0.157. The van der Waals surface area contributed by atoms with Crippen molar-refractivity contribution in [1.82, 2.24) is 0 Å². The molecule has 1 fully saturated rings. The Labute approximate surface area is 107 Å². The van der Waals surface area contributed by atoms with E-state index in [1.165, 1.54) is 6.92 Å². The molecule has 1 aromatic carbocycles. The van der Waals surface area contributed by atoms with Crippen molar-refractivity contribution in [1.29, 1.82) is 0 Å². The molecule has 0 saturated heterocycles. The van der Waals surface area contributed by atoms with Gasteiger partial charge in [-0.2, -0.15) is 0 Å². The van der Waals surface area contributed by atoms with E-state index in [-0.39, 0.29) is 11.8 Å². The van der Waals surface area contributed by atoms with Gasteiger partial charge < -0.3 is 4.74 Å². The first-order chi connectivity index (χ1) is 8.54. The molecule has 0 radical (unpaired) electrons. The van der Waals surface area contributed by atoms with Crippen LogP contribution in [0.1, 0.15) is 38.7 Å². The standard InChI is InChI=1S/C15H18O3/c1-11(16)18-13-9-6-10-15(2,14(13)17)12-7-4-3-5-8-12/h3-5,7-8,13H,6,9-10H2,1-2H3. The third-order valence-corrected chi connectivity index (χ3v) is 3.70. The van der Waals surface area contributed by atoms with Crippen molar-refractivity contribution in [2.75, 3.05) is 0 Å². The number of carbonyl (C=O) groups excluding carboxylic acids is 2. The average molecular weight is 246 g/mol. The van der Waals surface area contributed by atoms with Gasteiger partial charge in [-0.25, -0.2) is 0 Å². The second kappa shape index (κ2) is 4.92. The quantitative estimate of drug-likeness (QED) is 0.753. The zero-order valence-electron chi connectivity index (χ0n) is 10.8. The van der Waals surface area contributed by atoms with Gasteiger partial charge >= 0.3 is 5.97 Å². The zero-order valence-corrected chi connectivity index (χ0v) is 10.8. The molecule has 1 aliphatic rings. The maximum atomic E-state index is 12.5. The van der Waals surface area contributed by atoms with Gasteiger partial charge in [0.15, 0.2) is 11.9 Å². The van der Waals surface area contributed by atoms with Crippen molar-refractivity contribution in [3.63, 3.8) is 0 Å². The second-order valence-corrected chi connectivity index (χ2v) is 5.05. The van der Waals surface area contributed by atoms with Gasteiger partial charge in [-0.05, 0) is 31.7 Å². The summed E-state index contributed by atoms with van der Waals surface area (Å²) in [6.45, 7) is 3.29. The van der Waals surface area contributed by atoms with Crippen LogP contribution < -0.4 is 0 Å². The van der Waals surface area contributed by atoms with Crippen LogP contribution in [0.4, 0.5) is 0 Å². The fraction of sp³-hybridized carbons (Fsp3) is 0.467. The molecule has 2 unspecified atom stereocenters. The fourth-order valence-electron chi connectivity index (χ4n) is 2.66. The maximum absolute atomic E-state index is 12.5. The molecule has 1 aromatic rings. The first-order valence-corrected chi connectivity index (χ1v) is 6.31. The largest absolute Gasteiger partial charge is 0.455 e. The number of Topliss-reactive ketones (excluding diaryl/α,β-unsaturated/α-hetero) is 1. The summed E-state index contributed by atoms with van der Waals surface area (Å²) >= 11 is 0. The first-order valence-electron chi connectivity index (χ1n) is 6.31. The van der Waals surface area contributed by atoms with Crippen LogP contribution in [0.2, 0.25) is 0 Å². The predicted molar refractivity (Wildman–Crippen MR) is 68.2 cm³/mol. The van der Waals surface area contributed by atoms with Crippen LogP contribution in [0.5, 0.6) is 0 Å². The molecule has 0 aromatic heterocycles. The number of benzene rings is 1. The van der Waals surface area contributed by atoms with Crippen LogP contribution in [-0.2, 0) is 19.7 Å². The van der Waals surface area contributed by atoms with Gasteiger partial charge in [-0.1, -0.05) is 30.3 Å². The smallest absolute Gasteiger partial charge is 0.303 e. The summed E-state index contributed by atoms with van der Waals surface area (Å²) in [4.78, 5) is 23.5. The van der Waals surface area contributed by atoms with Gasteiger partial charge in [0.2, 0.25) is 0 Å². The monoisotopic (exact) mass is 246 g/mol. The van der Waals surface area contributed by atoms with Crippen molar-refractivity contribution < 1.29 is 14.3 Å². The number of carbonyl (C=O) groups is 2. The SMILES string of the molecule is CC(=O)OC1CCCC(C)(c2ccccc2)C1=O. The molecule has 3 nitrogen and oxygen atoms in total. The molecule has 1 saturated carbocycles. The number of hydrogen-bond donors (Lipinski definition) is 0. The summed E-state index contributed by atoms with van der Waals surface area (Å²) in [6, 6.07) is 9.73. The minimum Gasteiger partial charge on any atom is -0.455 e. The van der Waals surface area contributed by atoms with E-state index in [2.05, 4.69) is 0 Å². The highest BCUT2D eigenvalue weighted by Gasteiger charge is 2.43. The van der Waals surface area contributed by atoms with Crippen molar-refractivity contribution in [2.24, 2.45) is 0 Å². The van der Waals surface area contributed by atoms with Gasteiger partial charge in [-0.3, -0.25) is 9.59 Å². The highest BCUT2D eigenvalue weighted by Crippen LogP contribution is 2.37. The Bertz CT molecular complexity index is 452. The van der Waals surface area contributed by atoms with E-state index in [4.69, 9.17) is 4.74 Å². The number of ketones is 1. The first kappa shape index (κ1) is 12.8. The molecule has 2 atom stereocenters. The third-order valence-electron chi connectivity index (χ3n) is 3.70.